The van der Waals surface area contributed by atoms with Crippen LogP contribution < -0.4 is 0 Å². The summed E-state index contributed by atoms with van der Waals surface area (Å²) in [5.74, 6) is 0. The fourth-order valence-electron chi connectivity index (χ4n) is 4.93. The van der Waals surface area contributed by atoms with Crippen LogP contribution in [0.5, 0.6) is 0 Å². The molecule has 1 saturated carbocycles. The standard InChI is InChI=1S/C22H28N2O.CH2O2/c1-25-21-6-2-11-22(21)12-4-14-24(17-22)16-18-7-9-19(10-8-18)20-5-3-13-23-15-20;2-1-3/h3,5,7-10,13,15,21H,2,4,6,11-12,14,16-17H2,1H3;1H,(H,2,3)/t21-,22-;/m1./s1. The summed E-state index contributed by atoms with van der Waals surface area (Å²) in [5, 5.41) is 6.89. The molecule has 5 nitrogen and oxygen atoms in total. The van der Waals surface area contributed by atoms with Crippen LogP contribution in [0.2, 0.25) is 0 Å². The number of carboxylic acid groups (broad SMARTS) is 1. The number of piperidine rings is 1. The number of carbonyl (C=O) groups is 1. The van der Waals surface area contributed by atoms with Crippen molar-refractivity contribution in [3.8, 4) is 11.1 Å². The van der Waals surface area contributed by atoms with E-state index in [1.807, 2.05) is 25.6 Å². The third-order valence-corrected chi connectivity index (χ3v) is 6.15. The van der Waals surface area contributed by atoms with Gasteiger partial charge < -0.3 is 9.84 Å². The minimum Gasteiger partial charge on any atom is -0.483 e. The van der Waals surface area contributed by atoms with Crippen LogP contribution in [-0.2, 0) is 16.1 Å². The number of benzene rings is 1. The first kappa shape index (κ1) is 20.5. The van der Waals surface area contributed by atoms with E-state index in [1.165, 1.54) is 61.9 Å². The highest BCUT2D eigenvalue weighted by Crippen LogP contribution is 2.46. The minimum absolute atomic E-state index is 0.250. The number of rotatable bonds is 4. The van der Waals surface area contributed by atoms with Gasteiger partial charge >= 0.3 is 0 Å². The van der Waals surface area contributed by atoms with Gasteiger partial charge in [0.2, 0.25) is 0 Å². The number of likely N-dealkylation sites (tertiary alicyclic amines) is 1. The maximum Gasteiger partial charge on any atom is 0.290 e. The molecule has 0 amide bonds. The molecule has 2 atom stereocenters. The van der Waals surface area contributed by atoms with Gasteiger partial charge in [0.1, 0.15) is 0 Å². The van der Waals surface area contributed by atoms with Crippen LogP contribution in [0.25, 0.3) is 11.1 Å². The normalized spacial score (nSPS) is 24.5. The summed E-state index contributed by atoms with van der Waals surface area (Å²) in [6.45, 7) is 3.20. The van der Waals surface area contributed by atoms with Gasteiger partial charge in [-0.1, -0.05) is 36.8 Å². The number of hydrogen-bond donors (Lipinski definition) is 1. The molecule has 0 unspecified atom stereocenters. The molecule has 1 aliphatic heterocycles. The first-order valence-corrected chi connectivity index (χ1v) is 10.0. The van der Waals surface area contributed by atoms with Crippen LogP contribution in [-0.4, -0.2) is 47.8 Å². The Morgan fingerprint density at radius 3 is 2.64 bits per heavy atom. The van der Waals surface area contributed by atoms with Gasteiger partial charge in [-0.25, -0.2) is 0 Å². The molecule has 5 heteroatoms. The molecule has 150 valence electrons. The Morgan fingerprint density at radius 1 is 1.21 bits per heavy atom. The van der Waals surface area contributed by atoms with E-state index in [-0.39, 0.29) is 6.47 Å². The lowest BCUT2D eigenvalue weighted by Gasteiger charge is -2.43. The van der Waals surface area contributed by atoms with Crippen LogP contribution in [0.15, 0.2) is 48.8 Å². The molecule has 2 aromatic rings. The van der Waals surface area contributed by atoms with Crippen molar-refractivity contribution < 1.29 is 14.6 Å². The van der Waals surface area contributed by atoms with Crippen LogP contribution >= 0.6 is 0 Å². The molecule has 0 radical (unpaired) electrons. The summed E-state index contributed by atoms with van der Waals surface area (Å²) in [7, 11) is 1.90. The van der Waals surface area contributed by atoms with Gasteiger partial charge in [-0.2, -0.15) is 0 Å². The average Bonchev–Trinajstić information content (AvgIpc) is 3.11. The van der Waals surface area contributed by atoms with Crippen LogP contribution in [0, 0.1) is 5.41 Å². The second-order valence-corrected chi connectivity index (χ2v) is 7.84. The summed E-state index contributed by atoms with van der Waals surface area (Å²) in [5.41, 5.74) is 4.22. The lowest BCUT2D eigenvalue weighted by molar-refractivity contribution is -0.122. The van der Waals surface area contributed by atoms with Crippen molar-refractivity contribution >= 4 is 6.47 Å². The van der Waals surface area contributed by atoms with E-state index < -0.39 is 0 Å². The second kappa shape index (κ2) is 9.80. The summed E-state index contributed by atoms with van der Waals surface area (Å²) in [6.07, 6.45) is 10.7. The lowest BCUT2D eigenvalue weighted by atomic mass is 9.76. The topological polar surface area (TPSA) is 62.7 Å². The fraction of sp³-hybridized carbons (Fsp3) is 0.478. The van der Waals surface area contributed by atoms with Crippen LogP contribution in [0.4, 0.5) is 0 Å². The summed E-state index contributed by atoms with van der Waals surface area (Å²) < 4.78 is 5.84. The van der Waals surface area contributed by atoms with E-state index in [0.29, 0.717) is 11.5 Å². The van der Waals surface area contributed by atoms with E-state index >= 15 is 0 Å². The van der Waals surface area contributed by atoms with Gasteiger partial charge in [0.15, 0.2) is 0 Å². The molecular formula is C23H30N2O3. The van der Waals surface area contributed by atoms with Crippen LogP contribution in [0.3, 0.4) is 0 Å². The van der Waals surface area contributed by atoms with Crippen molar-refractivity contribution in [1.82, 2.24) is 9.88 Å². The number of hydrogen-bond acceptors (Lipinski definition) is 4. The molecule has 4 rings (SSSR count). The molecule has 2 heterocycles. The molecular weight excluding hydrogens is 352 g/mol. The smallest absolute Gasteiger partial charge is 0.290 e. The van der Waals surface area contributed by atoms with E-state index in [4.69, 9.17) is 14.6 Å². The Kier molecular flexibility index (Phi) is 7.18. The number of aromatic nitrogens is 1. The summed E-state index contributed by atoms with van der Waals surface area (Å²) in [6, 6.07) is 13.1. The second-order valence-electron chi connectivity index (χ2n) is 7.84. The molecule has 2 fully saturated rings. The van der Waals surface area contributed by atoms with Crippen molar-refractivity contribution in [2.24, 2.45) is 5.41 Å². The van der Waals surface area contributed by atoms with E-state index in [1.54, 1.807) is 0 Å². The number of ether oxygens (including phenoxy) is 1. The zero-order valence-corrected chi connectivity index (χ0v) is 16.6. The maximum atomic E-state index is 8.36. The Balaban J connectivity index is 0.000000706. The van der Waals surface area contributed by atoms with Gasteiger partial charge in [-0.05, 0) is 55.0 Å². The number of nitrogens with zero attached hydrogens (tertiary/aromatic N) is 2. The average molecular weight is 383 g/mol. The SMILES string of the molecule is CO[C@@H]1CCC[C@]12CCCN(Cc1ccc(-c3cccnc3)cc1)C2.O=CO. The largest absolute Gasteiger partial charge is 0.483 e. The first-order chi connectivity index (χ1) is 13.7. The van der Waals surface area contributed by atoms with Gasteiger partial charge in [0, 0.05) is 38.0 Å². The molecule has 28 heavy (non-hydrogen) atoms. The Morgan fingerprint density at radius 2 is 1.96 bits per heavy atom. The van der Waals surface area contributed by atoms with E-state index in [9.17, 15) is 0 Å². The van der Waals surface area contributed by atoms with Crippen molar-refractivity contribution in [2.75, 3.05) is 20.2 Å². The van der Waals surface area contributed by atoms with Crippen molar-refractivity contribution in [1.29, 1.82) is 0 Å². The third-order valence-electron chi connectivity index (χ3n) is 6.15. The molecule has 1 aliphatic carbocycles. The Labute approximate surface area is 167 Å². The zero-order chi connectivity index (χ0) is 19.8. The predicted molar refractivity (Wildman–Crippen MR) is 110 cm³/mol. The third kappa shape index (κ3) is 4.78. The molecule has 0 bridgehead atoms. The Hall–Kier alpha value is -2.24. The van der Waals surface area contributed by atoms with E-state index in [0.717, 1.165) is 6.54 Å². The highest BCUT2D eigenvalue weighted by atomic mass is 16.5. The van der Waals surface area contributed by atoms with Crippen molar-refractivity contribution in [3.05, 3.63) is 54.4 Å². The van der Waals surface area contributed by atoms with E-state index in [2.05, 4.69) is 40.2 Å². The minimum atomic E-state index is -0.250. The maximum absolute atomic E-state index is 8.36. The highest BCUT2D eigenvalue weighted by molar-refractivity contribution is 5.62. The van der Waals surface area contributed by atoms with Crippen LogP contribution in [0.1, 0.15) is 37.7 Å². The summed E-state index contributed by atoms with van der Waals surface area (Å²) in [4.78, 5) is 15.2. The molecule has 1 aromatic carbocycles. The molecule has 2 aliphatic rings. The van der Waals surface area contributed by atoms with Gasteiger partial charge in [0.25, 0.3) is 6.47 Å². The van der Waals surface area contributed by atoms with Gasteiger partial charge in [-0.3, -0.25) is 14.7 Å². The molecule has 1 N–H and O–H groups in total. The summed E-state index contributed by atoms with van der Waals surface area (Å²) >= 11 is 0. The lowest BCUT2D eigenvalue weighted by Crippen LogP contribution is -2.47. The van der Waals surface area contributed by atoms with Gasteiger partial charge in [-0.15, -0.1) is 0 Å². The zero-order valence-electron chi connectivity index (χ0n) is 16.6. The number of methoxy groups -OCH3 is 1. The predicted octanol–water partition coefficient (Wildman–Crippen LogP) is 4.23. The monoisotopic (exact) mass is 382 g/mol. The Bertz CT molecular complexity index is 735. The van der Waals surface area contributed by atoms with Crippen molar-refractivity contribution in [2.45, 2.75) is 44.8 Å². The fourth-order valence-corrected chi connectivity index (χ4v) is 4.93. The molecule has 1 saturated heterocycles. The highest BCUT2D eigenvalue weighted by Gasteiger charge is 2.45. The quantitative estimate of drug-likeness (QED) is 0.802. The van der Waals surface area contributed by atoms with Crippen molar-refractivity contribution in [3.63, 3.8) is 0 Å². The number of pyridine rings is 1. The first-order valence-electron chi connectivity index (χ1n) is 10.0. The van der Waals surface area contributed by atoms with Gasteiger partial charge in [0.05, 0.1) is 6.10 Å². The molecule has 1 aromatic heterocycles. The molecule has 1 spiro atoms.